The summed E-state index contributed by atoms with van der Waals surface area (Å²) in [5, 5.41) is 11.7. The Bertz CT molecular complexity index is 1250. The molecule has 3 N–H and O–H groups in total. The van der Waals surface area contributed by atoms with E-state index in [1.54, 1.807) is 48.5 Å². The van der Waals surface area contributed by atoms with Crippen LogP contribution in [0.25, 0.3) is 0 Å². The van der Waals surface area contributed by atoms with Gasteiger partial charge in [0.25, 0.3) is 11.8 Å². The molecule has 2 amide bonds. The van der Waals surface area contributed by atoms with Crippen LogP contribution in [-0.4, -0.2) is 29.8 Å². The molecular weight excluding hydrogens is 450 g/mol. The second kappa shape index (κ2) is 10.9. The summed E-state index contributed by atoms with van der Waals surface area (Å²) in [6, 6.07) is 17.9. The number of nitriles is 1. The SMILES string of the molecule is CC(C)(CN)CN(Cc1cccc(NC(=O)c2ccc(C#N)cc2)c1)C(=O)c1cc(F)cc(F)c1. The van der Waals surface area contributed by atoms with Crippen molar-refractivity contribution in [3.8, 4) is 6.07 Å². The predicted octanol–water partition coefficient (Wildman–Crippen LogP) is 4.72. The molecule has 0 aliphatic rings. The smallest absolute Gasteiger partial charge is 0.255 e. The number of carbonyl (C=O) groups excluding carboxylic acids is 2. The van der Waals surface area contributed by atoms with Crippen LogP contribution in [0.2, 0.25) is 0 Å². The molecule has 0 saturated heterocycles. The third kappa shape index (κ3) is 6.95. The average Bonchev–Trinajstić information content (AvgIpc) is 2.82. The van der Waals surface area contributed by atoms with E-state index in [9.17, 15) is 18.4 Å². The summed E-state index contributed by atoms with van der Waals surface area (Å²) in [5.41, 5.74) is 7.39. The van der Waals surface area contributed by atoms with Gasteiger partial charge in [0.2, 0.25) is 0 Å². The third-order valence-corrected chi connectivity index (χ3v) is 5.40. The first kappa shape index (κ1) is 25.5. The van der Waals surface area contributed by atoms with Gasteiger partial charge in [-0.05, 0) is 66.1 Å². The molecule has 0 spiro atoms. The second-order valence-corrected chi connectivity index (χ2v) is 9.03. The molecule has 3 aromatic carbocycles. The molecule has 8 heteroatoms. The van der Waals surface area contributed by atoms with E-state index in [1.165, 1.54) is 4.90 Å². The Kier molecular flexibility index (Phi) is 7.94. The zero-order chi connectivity index (χ0) is 25.6. The van der Waals surface area contributed by atoms with Crippen LogP contribution in [-0.2, 0) is 6.54 Å². The lowest BCUT2D eigenvalue weighted by Crippen LogP contribution is -2.41. The highest BCUT2D eigenvalue weighted by Crippen LogP contribution is 2.22. The van der Waals surface area contributed by atoms with Crippen LogP contribution in [0.5, 0.6) is 0 Å². The third-order valence-electron chi connectivity index (χ3n) is 5.40. The lowest BCUT2D eigenvalue weighted by molar-refractivity contribution is 0.0672. The fraction of sp³-hybridized carbons (Fsp3) is 0.222. The minimum absolute atomic E-state index is 0.0967. The molecule has 0 radical (unpaired) electrons. The molecule has 6 nitrogen and oxygen atoms in total. The molecule has 0 unspecified atom stereocenters. The lowest BCUT2D eigenvalue weighted by atomic mass is 9.92. The number of rotatable bonds is 8. The Labute approximate surface area is 203 Å². The average molecular weight is 477 g/mol. The van der Waals surface area contributed by atoms with Gasteiger partial charge in [0.15, 0.2) is 0 Å². The summed E-state index contributed by atoms with van der Waals surface area (Å²) < 4.78 is 27.5. The highest BCUT2D eigenvalue weighted by Gasteiger charge is 2.25. The van der Waals surface area contributed by atoms with Crippen molar-refractivity contribution in [2.24, 2.45) is 11.1 Å². The summed E-state index contributed by atoms with van der Waals surface area (Å²) in [5.74, 6) is -2.55. The summed E-state index contributed by atoms with van der Waals surface area (Å²) in [4.78, 5) is 27.3. The summed E-state index contributed by atoms with van der Waals surface area (Å²) in [6.45, 7) is 4.49. The number of hydrogen-bond donors (Lipinski definition) is 2. The number of anilines is 1. The van der Waals surface area contributed by atoms with Gasteiger partial charge >= 0.3 is 0 Å². The lowest BCUT2D eigenvalue weighted by Gasteiger charge is -2.32. The first-order chi connectivity index (χ1) is 16.6. The van der Waals surface area contributed by atoms with Crippen LogP contribution in [0.3, 0.4) is 0 Å². The molecule has 0 fully saturated rings. The van der Waals surface area contributed by atoms with Gasteiger partial charge < -0.3 is 16.0 Å². The topological polar surface area (TPSA) is 99.2 Å². The van der Waals surface area contributed by atoms with E-state index in [-0.39, 0.29) is 24.6 Å². The van der Waals surface area contributed by atoms with Crippen LogP contribution in [0.1, 0.15) is 45.7 Å². The van der Waals surface area contributed by atoms with Gasteiger partial charge in [-0.25, -0.2) is 8.78 Å². The number of nitrogens with two attached hydrogens (primary N) is 1. The Balaban J connectivity index is 1.83. The summed E-state index contributed by atoms with van der Waals surface area (Å²) in [7, 11) is 0. The molecule has 0 heterocycles. The van der Waals surface area contributed by atoms with Gasteiger partial charge in [-0.15, -0.1) is 0 Å². The van der Waals surface area contributed by atoms with E-state index in [4.69, 9.17) is 11.0 Å². The zero-order valence-electron chi connectivity index (χ0n) is 19.5. The fourth-order valence-corrected chi connectivity index (χ4v) is 3.51. The standard InChI is InChI=1S/C27H26F2N4O2/c1-27(2,16-31)17-33(26(35)21-11-22(28)13-23(29)12-21)15-19-4-3-5-24(10-19)32-25(34)20-8-6-18(14-30)7-9-20/h3-13H,15-17,31H2,1-2H3,(H,32,34). The molecule has 180 valence electrons. The maximum absolute atomic E-state index is 13.8. The van der Waals surface area contributed by atoms with Crippen molar-refractivity contribution in [1.29, 1.82) is 5.26 Å². The highest BCUT2D eigenvalue weighted by atomic mass is 19.1. The normalized spacial score (nSPS) is 11.0. The first-order valence-corrected chi connectivity index (χ1v) is 11.0. The predicted molar refractivity (Wildman–Crippen MR) is 129 cm³/mol. The van der Waals surface area contributed by atoms with Crippen molar-refractivity contribution >= 4 is 17.5 Å². The van der Waals surface area contributed by atoms with Gasteiger partial charge in [-0.3, -0.25) is 9.59 Å². The molecule has 3 rings (SSSR count). The molecule has 0 aromatic heterocycles. The van der Waals surface area contributed by atoms with Crippen molar-refractivity contribution < 1.29 is 18.4 Å². The van der Waals surface area contributed by atoms with Gasteiger partial charge in [0.05, 0.1) is 11.6 Å². The number of carbonyl (C=O) groups is 2. The number of benzene rings is 3. The Morgan fingerprint density at radius 3 is 2.26 bits per heavy atom. The van der Waals surface area contributed by atoms with E-state index >= 15 is 0 Å². The van der Waals surface area contributed by atoms with Gasteiger partial charge in [0.1, 0.15) is 11.6 Å². The number of halogens is 2. The largest absolute Gasteiger partial charge is 0.334 e. The van der Waals surface area contributed by atoms with Gasteiger partial charge in [-0.2, -0.15) is 5.26 Å². The van der Waals surface area contributed by atoms with E-state index in [0.29, 0.717) is 35.0 Å². The van der Waals surface area contributed by atoms with Crippen LogP contribution in [0, 0.1) is 28.4 Å². The minimum atomic E-state index is -0.834. The van der Waals surface area contributed by atoms with E-state index in [2.05, 4.69) is 5.32 Å². The number of amides is 2. The van der Waals surface area contributed by atoms with Crippen molar-refractivity contribution in [2.75, 3.05) is 18.4 Å². The minimum Gasteiger partial charge on any atom is -0.334 e. The molecule has 35 heavy (non-hydrogen) atoms. The monoisotopic (exact) mass is 476 g/mol. The van der Waals surface area contributed by atoms with Crippen molar-refractivity contribution in [2.45, 2.75) is 20.4 Å². The molecule has 0 aliphatic heterocycles. The first-order valence-electron chi connectivity index (χ1n) is 11.0. The highest BCUT2D eigenvalue weighted by molar-refractivity contribution is 6.04. The molecule has 0 aliphatic carbocycles. The van der Waals surface area contributed by atoms with Crippen LogP contribution < -0.4 is 11.1 Å². The van der Waals surface area contributed by atoms with Crippen LogP contribution >= 0.6 is 0 Å². The van der Waals surface area contributed by atoms with E-state index in [1.807, 2.05) is 19.9 Å². The van der Waals surface area contributed by atoms with Gasteiger partial charge in [0, 0.05) is 36.0 Å². The number of nitrogens with one attached hydrogen (secondary N) is 1. The molecule has 0 atom stereocenters. The Morgan fingerprint density at radius 2 is 1.66 bits per heavy atom. The zero-order valence-corrected chi connectivity index (χ0v) is 19.5. The Morgan fingerprint density at radius 1 is 1.00 bits per heavy atom. The van der Waals surface area contributed by atoms with Crippen LogP contribution in [0.15, 0.2) is 66.7 Å². The maximum atomic E-state index is 13.8. The van der Waals surface area contributed by atoms with E-state index in [0.717, 1.165) is 12.1 Å². The number of hydrogen-bond acceptors (Lipinski definition) is 4. The fourth-order valence-electron chi connectivity index (χ4n) is 3.51. The number of nitrogens with zero attached hydrogens (tertiary/aromatic N) is 2. The molecule has 0 bridgehead atoms. The maximum Gasteiger partial charge on any atom is 0.255 e. The summed E-state index contributed by atoms with van der Waals surface area (Å²) >= 11 is 0. The van der Waals surface area contributed by atoms with Crippen LogP contribution in [0.4, 0.5) is 14.5 Å². The van der Waals surface area contributed by atoms with Gasteiger partial charge in [-0.1, -0.05) is 26.0 Å². The molecule has 0 saturated carbocycles. The van der Waals surface area contributed by atoms with Crippen molar-refractivity contribution in [3.05, 3.63) is 101 Å². The summed E-state index contributed by atoms with van der Waals surface area (Å²) in [6.07, 6.45) is 0. The second-order valence-electron chi connectivity index (χ2n) is 9.03. The van der Waals surface area contributed by atoms with Crippen molar-refractivity contribution in [1.82, 2.24) is 4.90 Å². The molecule has 3 aromatic rings. The Hall–Kier alpha value is -4.09. The van der Waals surface area contributed by atoms with Crippen molar-refractivity contribution in [3.63, 3.8) is 0 Å². The van der Waals surface area contributed by atoms with E-state index < -0.39 is 23.0 Å². The molecular formula is C27H26F2N4O2. The quantitative estimate of drug-likeness (QED) is 0.492.